The predicted octanol–water partition coefficient (Wildman–Crippen LogP) is 7.75. The first kappa shape index (κ1) is 29.6. The predicted molar refractivity (Wildman–Crippen MR) is 157 cm³/mol. The molecule has 0 saturated carbocycles. The highest BCUT2D eigenvalue weighted by atomic mass is 19.4. The number of hydrogen-bond donors (Lipinski definition) is 2. The van der Waals surface area contributed by atoms with Crippen LogP contribution in [0.5, 0.6) is 0 Å². The number of carbonyl (C=O) groups excluding carboxylic acids is 2. The summed E-state index contributed by atoms with van der Waals surface area (Å²) in [5.74, 6) is -2.52. The van der Waals surface area contributed by atoms with Gasteiger partial charge in [0.05, 0.1) is 5.56 Å². The Balaban J connectivity index is 1.41. The van der Waals surface area contributed by atoms with Gasteiger partial charge in [-0.3, -0.25) is 9.59 Å². The summed E-state index contributed by atoms with van der Waals surface area (Å²) in [6.07, 6.45) is -4.22. The second-order valence-corrected chi connectivity index (χ2v) is 10.6. The number of amides is 2. The third-order valence-corrected chi connectivity index (χ3v) is 7.86. The number of fused-ring (bicyclic) bond motifs is 1. The van der Waals surface area contributed by atoms with Crippen LogP contribution in [0.1, 0.15) is 52.1 Å². The van der Waals surface area contributed by atoms with Gasteiger partial charge in [0.25, 0.3) is 11.8 Å². The molecule has 1 aliphatic heterocycles. The van der Waals surface area contributed by atoms with Crippen molar-refractivity contribution < 1.29 is 32.7 Å². The number of rotatable bonds is 8. The number of halogens is 3. The molecule has 2 amide bonds. The van der Waals surface area contributed by atoms with Gasteiger partial charge in [-0.25, -0.2) is 4.79 Å². The molecule has 0 fully saturated rings. The average molecular weight is 587 g/mol. The maximum Gasteiger partial charge on any atom is 0.417 e. The fourth-order valence-corrected chi connectivity index (χ4v) is 5.38. The fourth-order valence-electron chi connectivity index (χ4n) is 5.38. The molecule has 43 heavy (non-hydrogen) atoms. The Bertz CT molecular complexity index is 1680. The van der Waals surface area contributed by atoms with E-state index in [0.717, 1.165) is 17.2 Å². The molecular weight excluding hydrogens is 557 g/mol. The number of alkyl halides is 3. The van der Waals surface area contributed by atoms with Crippen LogP contribution in [0.4, 0.5) is 18.9 Å². The summed E-state index contributed by atoms with van der Waals surface area (Å²) < 4.78 is 42.8. The van der Waals surface area contributed by atoms with Crippen LogP contribution in [-0.4, -0.2) is 33.8 Å². The van der Waals surface area contributed by atoms with E-state index in [-0.39, 0.29) is 40.4 Å². The molecule has 0 aromatic heterocycles. The molecule has 4 aromatic rings. The Morgan fingerprint density at radius 3 is 2.16 bits per heavy atom. The highest BCUT2D eigenvalue weighted by Crippen LogP contribution is 2.40. The molecule has 4 aromatic carbocycles. The van der Waals surface area contributed by atoms with Crippen molar-refractivity contribution in [2.75, 3.05) is 5.32 Å². The average Bonchev–Trinajstić information content (AvgIpc) is 3.31. The van der Waals surface area contributed by atoms with E-state index in [2.05, 4.69) is 5.32 Å². The van der Waals surface area contributed by atoms with Crippen LogP contribution in [0.2, 0.25) is 0 Å². The summed E-state index contributed by atoms with van der Waals surface area (Å²) in [6.45, 7) is 3.65. The van der Waals surface area contributed by atoms with Crippen molar-refractivity contribution in [2.24, 2.45) is 5.92 Å². The summed E-state index contributed by atoms with van der Waals surface area (Å²) in [4.78, 5) is 39.3. The lowest BCUT2D eigenvalue weighted by molar-refractivity contribution is -0.144. The van der Waals surface area contributed by atoms with Crippen molar-refractivity contribution >= 4 is 23.5 Å². The number of hydrogen-bond acceptors (Lipinski definition) is 3. The van der Waals surface area contributed by atoms with Crippen LogP contribution in [-0.2, 0) is 17.5 Å². The molecule has 0 aliphatic carbocycles. The number of carboxylic acid groups (broad SMARTS) is 1. The first-order valence-corrected chi connectivity index (χ1v) is 13.8. The molecule has 0 bridgehead atoms. The third-order valence-electron chi connectivity index (χ3n) is 7.86. The summed E-state index contributed by atoms with van der Waals surface area (Å²) >= 11 is 0. The number of carboxylic acids is 1. The molecule has 1 heterocycles. The number of anilines is 1. The Morgan fingerprint density at radius 2 is 1.53 bits per heavy atom. The van der Waals surface area contributed by atoms with Crippen LogP contribution in [0.3, 0.4) is 0 Å². The van der Waals surface area contributed by atoms with Crippen LogP contribution < -0.4 is 5.32 Å². The standard InChI is InChI=1S/C34H29F3N2O4/c1-3-20(2)30(33(42)43)39-19-25-14-13-24(17-28(25)32(39)41)27-16-15-26(18-29(27)34(35,36)37)38-31(40)23-11-9-22(10-12-23)21-7-5-4-6-8-21/h4-18,20,30H,3,19H2,1-2H3,(H,38,40)(H,42,43). The largest absolute Gasteiger partial charge is 0.480 e. The lowest BCUT2D eigenvalue weighted by Crippen LogP contribution is -2.45. The lowest BCUT2D eigenvalue weighted by Gasteiger charge is -2.28. The van der Waals surface area contributed by atoms with Gasteiger partial charge in [0.2, 0.25) is 0 Å². The maximum absolute atomic E-state index is 14.3. The van der Waals surface area contributed by atoms with Gasteiger partial charge in [-0.15, -0.1) is 0 Å². The van der Waals surface area contributed by atoms with Gasteiger partial charge >= 0.3 is 12.1 Å². The molecule has 1 aliphatic rings. The Labute approximate surface area is 246 Å². The van der Waals surface area contributed by atoms with Crippen molar-refractivity contribution in [3.8, 4) is 22.3 Å². The topological polar surface area (TPSA) is 86.7 Å². The van der Waals surface area contributed by atoms with E-state index in [4.69, 9.17) is 0 Å². The van der Waals surface area contributed by atoms with E-state index in [0.29, 0.717) is 12.0 Å². The molecule has 6 nitrogen and oxygen atoms in total. The van der Waals surface area contributed by atoms with Gasteiger partial charge in [0.1, 0.15) is 6.04 Å². The first-order chi connectivity index (χ1) is 20.5. The maximum atomic E-state index is 14.3. The van der Waals surface area contributed by atoms with Crippen molar-refractivity contribution in [1.29, 1.82) is 0 Å². The van der Waals surface area contributed by atoms with Crippen molar-refractivity contribution in [3.05, 3.63) is 113 Å². The SMILES string of the molecule is CCC(C)C(C(=O)O)N1Cc2ccc(-c3ccc(NC(=O)c4ccc(-c5ccccc5)cc4)cc3C(F)(F)F)cc2C1=O. The van der Waals surface area contributed by atoms with Crippen LogP contribution in [0.25, 0.3) is 22.3 Å². The summed E-state index contributed by atoms with van der Waals surface area (Å²) in [5.41, 5.74) is 1.87. The van der Waals surface area contributed by atoms with Crippen molar-refractivity contribution in [3.63, 3.8) is 0 Å². The number of carbonyl (C=O) groups is 3. The Hall–Kier alpha value is -4.92. The number of aliphatic carboxylic acids is 1. The summed E-state index contributed by atoms with van der Waals surface area (Å²) in [6, 6.07) is 23.2. The highest BCUT2D eigenvalue weighted by molar-refractivity contribution is 6.05. The Kier molecular flexibility index (Phi) is 8.08. The monoisotopic (exact) mass is 586 g/mol. The van der Waals surface area contributed by atoms with Crippen LogP contribution in [0, 0.1) is 5.92 Å². The molecule has 2 unspecified atom stereocenters. The number of nitrogens with zero attached hydrogens (tertiary/aromatic N) is 1. The van der Waals surface area contributed by atoms with Gasteiger partial charge in [-0.05, 0) is 64.1 Å². The summed E-state index contributed by atoms with van der Waals surface area (Å²) in [7, 11) is 0. The molecule has 2 N–H and O–H groups in total. The third kappa shape index (κ3) is 6.02. The quantitative estimate of drug-likeness (QED) is 0.221. The summed E-state index contributed by atoms with van der Waals surface area (Å²) in [5, 5.41) is 12.3. The second-order valence-electron chi connectivity index (χ2n) is 10.6. The second kappa shape index (κ2) is 11.8. The number of benzene rings is 4. The van der Waals surface area contributed by atoms with E-state index < -0.39 is 35.6 Å². The fraction of sp³-hybridized carbons (Fsp3) is 0.206. The first-order valence-electron chi connectivity index (χ1n) is 13.8. The minimum Gasteiger partial charge on any atom is -0.480 e. The smallest absolute Gasteiger partial charge is 0.417 e. The molecule has 0 saturated heterocycles. The van der Waals surface area contributed by atoms with Crippen molar-refractivity contribution in [1.82, 2.24) is 4.90 Å². The van der Waals surface area contributed by atoms with Gasteiger partial charge in [-0.1, -0.05) is 80.9 Å². The number of nitrogens with one attached hydrogen (secondary N) is 1. The molecule has 0 radical (unpaired) electrons. The zero-order chi connectivity index (χ0) is 30.9. The van der Waals surface area contributed by atoms with E-state index in [1.54, 1.807) is 37.3 Å². The zero-order valence-electron chi connectivity index (χ0n) is 23.5. The minimum absolute atomic E-state index is 0.0329. The molecular formula is C34H29F3N2O4. The van der Waals surface area contributed by atoms with E-state index in [1.165, 1.54) is 29.2 Å². The van der Waals surface area contributed by atoms with Gasteiger partial charge in [-0.2, -0.15) is 13.2 Å². The van der Waals surface area contributed by atoms with Gasteiger partial charge in [0.15, 0.2) is 0 Å². The zero-order valence-corrected chi connectivity index (χ0v) is 23.5. The lowest BCUT2D eigenvalue weighted by atomic mass is 9.95. The molecule has 2 atom stereocenters. The van der Waals surface area contributed by atoms with Crippen LogP contribution >= 0.6 is 0 Å². The van der Waals surface area contributed by atoms with Crippen LogP contribution in [0.15, 0.2) is 91.0 Å². The molecule has 0 spiro atoms. The van der Waals surface area contributed by atoms with Crippen molar-refractivity contribution in [2.45, 2.75) is 39.0 Å². The van der Waals surface area contributed by atoms with E-state index in [9.17, 15) is 32.7 Å². The van der Waals surface area contributed by atoms with E-state index in [1.807, 2.05) is 37.3 Å². The highest BCUT2D eigenvalue weighted by Gasteiger charge is 2.40. The van der Waals surface area contributed by atoms with Gasteiger partial charge < -0.3 is 15.3 Å². The van der Waals surface area contributed by atoms with Gasteiger partial charge in [0, 0.05) is 23.4 Å². The normalized spacial score (nSPS) is 14.3. The molecule has 5 rings (SSSR count). The minimum atomic E-state index is -4.76. The molecule has 9 heteroatoms. The molecule has 220 valence electrons. The Morgan fingerprint density at radius 1 is 0.884 bits per heavy atom. The van der Waals surface area contributed by atoms with E-state index >= 15 is 0 Å².